The SMILES string of the molecule is CC(C)c1nn(C)cc1CNc1cccc(NC(N)=O)c1. The number of nitrogens with one attached hydrogen (secondary N) is 2. The number of benzene rings is 1. The molecule has 2 aromatic rings. The Hall–Kier alpha value is -2.50. The molecule has 1 heterocycles. The topological polar surface area (TPSA) is 85.0 Å². The Bertz CT molecular complexity index is 633. The molecule has 0 radical (unpaired) electrons. The molecule has 0 atom stereocenters. The van der Waals surface area contributed by atoms with Gasteiger partial charge in [0.25, 0.3) is 0 Å². The number of hydrogen-bond donors (Lipinski definition) is 3. The van der Waals surface area contributed by atoms with Crippen LogP contribution in [0.5, 0.6) is 0 Å². The number of amides is 2. The monoisotopic (exact) mass is 287 g/mol. The van der Waals surface area contributed by atoms with Crippen molar-refractivity contribution in [1.82, 2.24) is 9.78 Å². The molecule has 4 N–H and O–H groups in total. The number of anilines is 2. The summed E-state index contributed by atoms with van der Waals surface area (Å²) >= 11 is 0. The van der Waals surface area contributed by atoms with Crippen molar-refractivity contribution in [2.75, 3.05) is 10.6 Å². The van der Waals surface area contributed by atoms with E-state index in [1.807, 2.05) is 36.1 Å². The van der Waals surface area contributed by atoms with Crippen molar-refractivity contribution in [3.8, 4) is 0 Å². The van der Waals surface area contributed by atoms with Crippen molar-refractivity contribution < 1.29 is 4.79 Å². The van der Waals surface area contributed by atoms with Crippen molar-refractivity contribution in [3.63, 3.8) is 0 Å². The lowest BCUT2D eigenvalue weighted by atomic mass is 10.1. The van der Waals surface area contributed by atoms with E-state index in [-0.39, 0.29) is 0 Å². The molecule has 1 aromatic carbocycles. The van der Waals surface area contributed by atoms with E-state index in [1.165, 1.54) is 5.56 Å². The largest absolute Gasteiger partial charge is 0.381 e. The van der Waals surface area contributed by atoms with Gasteiger partial charge in [-0.25, -0.2) is 4.79 Å². The molecule has 0 saturated heterocycles. The van der Waals surface area contributed by atoms with Crippen LogP contribution in [0.25, 0.3) is 0 Å². The molecule has 0 aliphatic heterocycles. The van der Waals surface area contributed by atoms with Gasteiger partial charge >= 0.3 is 6.03 Å². The van der Waals surface area contributed by atoms with Crippen LogP contribution >= 0.6 is 0 Å². The number of nitrogens with two attached hydrogens (primary N) is 1. The number of rotatable bonds is 5. The van der Waals surface area contributed by atoms with E-state index in [1.54, 1.807) is 6.07 Å². The number of carbonyl (C=O) groups is 1. The zero-order valence-electron chi connectivity index (χ0n) is 12.6. The Morgan fingerprint density at radius 1 is 1.38 bits per heavy atom. The Morgan fingerprint density at radius 3 is 2.76 bits per heavy atom. The van der Waals surface area contributed by atoms with E-state index in [0.717, 1.165) is 11.4 Å². The Balaban J connectivity index is 2.08. The fraction of sp³-hybridized carbons (Fsp3) is 0.333. The summed E-state index contributed by atoms with van der Waals surface area (Å²) in [6.45, 7) is 4.94. The lowest BCUT2D eigenvalue weighted by Gasteiger charge is -2.09. The Labute approximate surface area is 124 Å². The van der Waals surface area contributed by atoms with Gasteiger partial charge < -0.3 is 16.4 Å². The molecular weight excluding hydrogens is 266 g/mol. The molecule has 0 unspecified atom stereocenters. The van der Waals surface area contributed by atoms with E-state index in [0.29, 0.717) is 18.2 Å². The summed E-state index contributed by atoms with van der Waals surface area (Å²) in [5.41, 5.74) is 8.96. The molecule has 0 saturated carbocycles. The predicted molar refractivity (Wildman–Crippen MR) is 84.3 cm³/mol. The van der Waals surface area contributed by atoms with Gasteiger partial charge in [0.05, 0.1) is 5.69 Å². The molecular formula is C15H21N5O. The van der Waals surface area contributed by atoms with Gasteiger partial charge in [0, 0.05) is 36.7 Å². The minimum absolute atomic E-state index is 0.380. The maximum absolute atomic E-state index is 10.9. The third kappa shape index (κ3) is 3.98. The normalized spacial score (nSPS) is 10.7. The first kappa shape index (κ1) is 14.9. The minimum atomic E-state index is -0.568. The molecule has 0 bridgehead atoms. The van der Waals surface area contributed by atoms with E-state index in [9.17, 15) is 4.79 Å². The summed E-state index contributed by atoms with van der Waals surface area (Å²) in [6, 6.07) is 6.87. The highest BCUT2D eigenvalue weighted by Gasteiger charge is 2.11. The highest BCUT2D eigenvalue weighted by atomic mass is 16.2. The van der Waals surface area contributed by atoms with Crippen LogP contribution in [-0.2, 0) is 13.6 Å². The van der Waals surface area contributed by atoms with Crippen molar-refractivity contribution >= 4 is 17.4 Å². The number of nitrogens with zero attached hydrogens (tertiary/aromatic N) is 2. The van der Waals surface area contributed by atoms with Gasteiger partial charge in [-0.3, -0.25) is 4.68 Å². The second-order valence-corrected chi connectivity index (χ2v) is 5.29. The average molecular weight is 287 g/mol. The fourth-order valence-electron chi connectivity index (χ4n) is 2.22. The maximum Gasteiger partial charge on any atom is 0.316 e. The van der Waals surface area contributed by atoms with Gasteiger partial charge in [0.1, 0.15) is 0 Å². The zero-order chi connectivity index (χ0) is 15.4. The smallest absolute Gasteiger partial charge is 0.316 e. The van der Waals surface area contributed by atoms with E-state index < -0.39 is 6.03 Å². The van der Waals surface area contributed by atoms with Crippen molar-refractivity contribution in [2.45, 2.75) is 26.3 Å². The van der Waals surface area contributed by atoms with E-state index in [2.05, 4.69) is 29.6 Å². The third-order valence-electron chi connectivity index (χ3n) is 3.10. The van der Waals surface area contributed by atoms with Gasteiger partial charge in [-0.15, -0.1) is 0 Å². The standard InChI is InChI=1S/C15H21N5O/c1-10(2)14-11(9-20(3)19-14)8-17-12-5-4-6-13(7-12)18-15(16)21/h4-7,9-10,17H,8H2,1-3H3,(H3,16,18,21). The van der Waals surface area contributed by atoms with Crippen LogP contribution in [0.15, 0.2) is 30.5 Å². The molecule has 6 heteroatoms. The van der Waals surface area contributed by atoms with Crippen LogP contribution in [0.3, 0.4) is 0 Å². The molecule has 0 spiro atoms. The Kier molecular flexibility index (Phi) is 4.47. The third-order valence-corrected chi connectivity index (χ3v) is 3.10. The molecule has 2 rings (SSSR count). The highest BCUT2D eigenvalue weighted by molar-refractivity contribution is 5.88. The molecule has 6 nitrogen and oxygen atoms in total. The fourth-order valence-corrected chi connectivity index (χ4v) is 2.22. The van der Waals surface area contributed by atoms with Crippen molar-refractivity contribution in [1.29, 1.82) is 0 Å². The number of urea groups is 1. The maximum atomic E-state index is 10.9. The lowest BCUT2D eigenvalue weighted by molar-refractivity contribution is 0.259. The zero-order valence-corrected chi connectivity index (χ0v) is 12.6. The van der Waals surface area contributed by atoms with Crippen LogP contribution in [0.4, 0.5) is 16.2 Å². The molecule has 0 fully saturated rings. The molecule has 2 amide bonds. The lowest BCUT2D eigenvalue weighted by Crippen LogP contribution is -2.19. The average Bonchev–Trinajstić information content (AvgIpc) is 2.77. The molecule has 0 aliphatic rings. The Morgan fingerprint density at radius 2 is 2.10 bits per heavy atom. The van der Waals surface area contributed by atoms with Crippen LogP contribution in [0.2, 0.25) is 0 Å². The van der Waals surface area contributed by atoms with Crippen LogP contribution in [-0.4, -0.2) is 15.8 Å². The molecule has 21 heavy (non-hydrogen) atoms. The van der Waals surface area contributed by atoms with E-state index in [4.69, 9.17) is 5.73 Å². The summed E-state index contributed by atoms with van der Waals surface area (Å²) in [6.07, 6.45) is 2.02. The highest BCUT2D eigenvalue weighted by Crippen LogP contribution is 2.20. The number of primary amides is 1. The van der Waals surface area contributed by atoms with Gasteiger partial charge in [0.2, 0.25) is 0 Å². The summed E-state index contributed by atoms with van der Waals surface area (Å²) in [5, 5.41) is 10.4. The van der Waals surface area contributed by atoms with Crippen molar-refractivity contribution in [2.24, 2.45) is 12.8 Å². The summed E-state index contributed by atoms with van der Waals surface area (Å²) in [4.78, 5) is 10.9. The van der Waals surface area contributed by atoms with Gasteiger partial charge in [-0.05, 0) is 24.1 Å². The molecule has 0 aliphatic carbocycles. The quantitative estimate of drug-likeness (QED) is 0.790. The first-order valence-electron chi connectivity index (χ1n) is 6.88. The molecule has 112 valence electrons. The number of aryl methyl sites for hydroxylation is 1. The van der Waals surface area contributed by atoms with Gasteiger partial charge in [0.15, 0.2) is 0 Å². The first-order valence-corrected chi connectivity index (χ1v) is 6.88. The second-order valence-electron chi connectivity index (χ2n) is 5.29. The summed E-state index contributed by atoms with van der Waals surface area (Å²) in [7, 11) is 1.92. The van der Waals surface area contributed by atoms with E-state index >= 15 is 0 Å². The summed E-state index contributed by atoms with van der Waals surface area (Å²) < 4.78 is 1.83. The predicted octanol–water partition coefficient (Wildman–Crippen LogP) is 2.65. The second kappa shape index (κ2) is 6.30. The number of hydrogen-bond acceptors (Lipinski definition) is 3. The van der Waals surface area contributed by atoms with Crippen LogP contribution in [0.1, 0.15) is 31.0 Å². The molecule has 1 aromatic heterocycles. The first-order chi connectivity index (χ1) is 9.95. The summed E-state index contributed by atoms with van der Waals surface area (Å²) in [5.74, 6) is 0.380. The van der Waals surface area contributed by atoms with Crippen molar-refractivity contribution in [3.05, 3.63) is 41.7 Å². The van der Waals surface area contributed by atoms with Gasteiger partial charge in [-0.1, -0.05) is 19.9 Å². The number of aromatic nitrogens is 2. The van der Waals surface area contributed by atoms with Crippen LogP contribution < -0.4 is 16.4 Å². The van der Waals surface area contributed by atoms with Gasteiger partial charge in [-0.2, -0.15) is 5.10 Å². The van der Waals surface area contributed by atoms with Crippen LogP contribution in [0, 0.1) is 0 Å². The minimum Gasteiger partial charge on any atom is -0.381 e. The number of carbonyl (C=O) groups excluding carboxylic acids is 1.